The predicted octanol–water partition coefficient (Wildman–Crippen LogP) is 5.63. The second-order valence-electron chi connectivity index (χ2n) is 10.6. The minimum atomic E-state index is -1.07. The summed E-state index contributed by atoms with van der Waals surface area (Å²) in [5, 5.41) is 0. The Morgan fingerprint density at radius 2 is 1.76 bits per heavy atom. The van der Waals surface area contributed by atoms with Gasteiger partial charge in [0, 0.05) is 6.54 Å². The lowest BCUT2D eigenvalue weighted by Crippen LogP contribution is -2.50. The smallest absolute Gasteiger partial charge is 0.321 e. The number of carbonyl (C=O) groups is 2. The third-order valence-corrected chi connectivity index (χ3v) is 6.90. The number of anilines is 1. The maximum Gasteiger partial charge on any atom is 0.321 e. The lowest BCUT2D eigenvalue weighted by atomic mass is 9.89. The van der Waals surface area contributed by atoms with Crippen LogP contribution in [-0.2, 0) is 14.3 Å². The van der Waals surface area contributed by atoms with Gasteiger partial charge in [-0.3, -0.25) is 14.5 Å². The van der Waals surface area contributed by atoms with Crippen molar-refractivity contribution < 1.29 is 23.8 Å². The van der Waals surface area contributed by atoms with E-state index in [1.807, 2.05) is 47.0 Å². The summed E-state index contributed by atoms with van der Waals surface area (Å²) in [7, 11) is 1.59. The molecule has 8 heteroatoms. The van der Waals surface area contributed by atoms with Gasteiger partial charge in [-0.05, 0) is 61.4 Å². The van der Waals surface area contributed by atoms with Gasteiger partial charge in [0.25, 0.3) is 0 Å². The Morgan fingerprint density at radius 1 is 1.03 bits per heavy atom. The molecule has 204 valence electrons. The van der Waals surface area contributed by atoms with E-state index in [9.17, 15) is 9.59 Å². The van der Waals surface area contributed by atoms with Crippen LogP contribution in [0.5, 0.6) is 11.5 Å². The molecule has 38 heavy (non-hydrogen) atoms. The second kappa shape index (κ2) is 11.9. The standard InChI is InChI=1S/C30H39N3O5/c1-7-37-29(35)26-27(21-12-13-24(25(18-21)36-6)38-17-15-20(4)5)33-23-11-9-8-10-22(23)31-30(33)32(28(26)34)16-14-19(2)3/h8-13,18-20,26-27H,7,14-17H2,1-6H3/t26-,27+/m1/s1. The zero-order chi connectivity index (χ0) is 27.4. The maximum atomic E-state index is 14.0. The summed E-state index contributed by atoms with van der Waals surface area (Å²) in [6, 6.07) is 12.7. The molecule has 1 aromatic heterocycles. The van der Waals surface area contributed by atoms with Crippen LogP contribution < -0.4 is 14.4 Å². The molecule has 3 aromatic rings. The fourth-order valence-electron chi connectivity index (χ4n) is 4.84. The highest BCUT2D eigenvalue weighted by Crippen LogP contribution is 2.43. The normalized spacial score (nSPS) is 17.3. The molecule has 1 aliphatic heterocycles. The van der Waals surface area contributed by atoms with Gasteiger partial charge >= 0.3 is 5.97 Å². The summed E-state index contributed by atoms with van der Waals surface area (Å²) in [5.41, 5.74) is 2.36. The zero-order valence-corrected chi connectivity index (χ0v) is 23.3. The van der Waals surface area contributed by atoms with Gasteiger partial charge in [-0.25, -0.2) is 4.98 Å². The minimum Gasteiger partial charge on any atom is -0.493 e. The number of benzene rings is 2. The third kappa shape index (κ3) is 5.49. The van der Waals surface area contributed by atoms with E-state index in [4.69, 9.17) is 19.2 Å². The number of carbonyl (C=O) groups excluding carboxylic acids is 2. The molecule has 0 bridgehead atoms. The van der Waals surface area contributed by atoms with Crippen LogP contribution in [0.15, 0.2) is 42.5 Å². The Kier molecular flexibility index (Phi) is 8.59. The molecule has 2 heterocycles. The first-order valence-corrected chi connectivity index (χ1v) is 13.5. The van der Waals surface area contributed by atoms with Crippen LogP contribution in [-0.4, -0.2) is 48.3 Å². The van der Waals surface area contributed by atoms with Crippen molar-refractivity contribution in [2.45, 2.75) is 53.5 Å². The van der Waals surface area contributed by atoms with Crippen LogP contribution in [0.3, 0.4) is 0 Å². The van der Waals surface area contributed by atoms with Crippen LogP contribution >= 0.6 is 0 Å². The molecule has 1 amide bonds. The topological polar surface area (TPSA) is 82.9 Å². The van der Waals surface area contributed by atoms with Crippen LogP contribution in [0.25, 0.3) is 11.0 Å². The molecule has 2 aromatic carbocycles. The quantitative estimate of drug-likeness (QED) is 0.240. The Balaban J connectivity index is 1.87. The molecule has 1 aliphatic rings. The van der Waals surface area contributed by atoms with Crippen LogP contribution in [0.1, 0.15) is 59.1 Å². The van der Waals surface area contributed by atoms with Crippen molar-refractivity contribution in [3.05, 3.63) is 48.0 Å². The molecular formula is C30H39N3O5. The van der Waals surface area contributed by atoms with E-state index < -0.39 is 17.9 Å². The number of imidazole rings is 1. The molecule has 0 spiro atoms. The number of hydrogen-bond donors (Lipinski definition) is 0. The van der Waals surface area contributed by atoms with Gasteiger partial charge < -0.3 is 18.8 Å². The summed E-state index contributed by atoms with van der Waals surface area (Å²) < 4.78 is 19.2. The maximum absolute atomic E-state index is 14.0. The lowest BCUT2D eigenvalue weighted by Gasteiger charge is -2.38. The number of methoxy groups -OCH3 is 1. The van der Waals surface area contributed by atoms with Gasteiger partial charge in [0.1, 0.15) is 0 Å². The monoisotopic (exact) mass is 521 g/mol. The Bertz CT molecular complexity index is 1280. The average molecular weight is 522 g/mol. The van der Waals surface area contributed by atoms with Crippen LogP contribution in [0.4, 0.5) is 5.95 Å². The molecule has 0 aliphatic carbocycles. The Morgan fingerprint density at radius 3 is 2.45 bits per heavy atom. The molecule has 0 saturated heterocycles. The molecule has 0 radical (unpaired) electrons. The minimum absolute atomic E-state index is 0.185. The van der Waals surface area contributed by atoms with Gasteiger partial charge in [-0.1, -0.05) is 45.9 Å². The highest BCUT2D eigenvalue weighted by atomic mass is 16.5. The summed E-state index contributed by atoms with van der Waals surface area (Å²) in [6.07, 6.45) is 1.70. The van der Waals surface area contributed by atoms with E-state index in [1.165, 1.54) is 0 Å². The predicted molar refractivity (Wildman–Crippen MR) is 148 cm³/mol. The number of ether oxygens (including phenoxy) is 3. The van der Waals surface area contributed by atoms with Gasteiger partial charge in [0.2, 0.25) is 11.9 Å². The largest absolute Gasteiger partial charge is 0.493 e. The number of fused-ring (bicyclic) bond motifs is 3. The first kappa shape index (κ1) is 27.5. The summed E-state index contributed by atoms with van der Waals surface area (Å²) >= 11 is 0. The van der Waals surface area contributed by atoms with E-state index in [2.05, 4.69) is 27.7 Å². The highest BCUT2D eigenvalue weighted by molar-refractivity contribution is 6.08. The third-order valence-electron chi connectivity index (χ3n) is 6.90. The van der Waals surface area contributed by atoms with Crippen molar-refractivity contribution in [1.29, 1.82) is 0 Å². The van der Waals surface area contributed by atoms with Crippen LogP contribution in [0.2, 0.25) is 0 Å². The molecule has 0 unspecified atom stereocenters. The first-order valence-electron chi connectivity index (χ1n) is 13.5. The average Bonchev–Trinajstić information content (AvgIpc) is 3.26. The molecule has 0 N–H and O–H groups in total. The fourth-order valence-corrected chi connectivity index (χ4v) is 4.84. The van der Waals surface area contributed by atoms with Crippen molar-refractivity contribution in [2.75, 3.05) is 31.8 Å². The fraction of sp³-hybridized carbons (Fsp3) is 0.500. The number of rotatable bonds is 11. The first-order chi connectivity index (χ1) is 18.3. The van der Waals surface area contributed by atoms with Crippen molar-refractivity contribution in [1.82, 2.24) is 9.55 Å². The van der Waals surface area contributed by atoms with E-state index in [0.29, 0.717) is 42.4 Å². The summed E-state index contributed by atoms with van der Waals surface area (Å²) in [6.45, 7) is 11.5. The summed E-state index contributed by atoms with van der Waals surface area (Å²) in [5.74, 6) is 0.709. The Labute approximate surface area is 224 Å². The number of nitrogens with zero attached hydrogens (tertiary/aromatic N) is 3. The van der Waals surface area contributed by atoms with E-state index in [0.717, 1.165) is 29.4 Å². The second-order valence-corrected chi connectivity index (χ2v) is 10.6. The number of aromatic nitrogens is 2. The highest BCUT2D eigenvalue weighted by Gasteiger charge is 2.48. The Hall–Kier alpha value is -3.55. The van der Waals surface area contributed by atoms with Crippen molar-refractivity contribution in [2.24, 2.45) is 17.8 Å². The van der Waals surface area contributed by atoms with E-state index in [1.54, 1.807) is 18.9 Å². The molecule has 4 rings (SSSR count). The molecule has 0 saturated carbocycles. The van der Waals surface area contributed by atoms with Crippen LogP contribution in [0, 0.1) is 17.8 Å². The summed E-state index contributed by atoms with van der Waals surface area (Å²) in [4.78, 5) is 33.9. The zero-order valence-electron chi connectivity index (χ0n) is 23.3. The van der Waals surface area contributed by atoms with E-state index in [-0.39, 0.29) is 12.5 Å². The number of esters is 1. The van der Waals surface area contributed by atoms with Gasteiger partial charge in [-0.2, -0.15) is 0 Å². The van der Waals surface area contributed by atoms with Gasteiger partial charge in [-0.15, -0.1) is 0 Å². The number of hydrogen-bond acceptors (Lipinski definition) is 6. The van der Waals surface area contributed by atoms with Gasteiger partial charge in [0.05, 0.1) is 37.4 Å². The number of para-hydroxylation sites is 2. The van der Waals surface area contributed by atoms with E-state index >= 15 is 0 Å². The molecule has 2 atom stereocenters. The number of amides is 1. The van der Waals surface area contributed by atoms with Crippen molar-refractivity contribution in [3.8, 4) is 11.5 Å². The van der Waals surface area contributed by atoms with Crippen molar-refractivity contribution in [3.63, 3.8) is 0 Å². The molecular weight excluding hydrogens is 482 g/mol. The SMILES string of the molecule is CCOC(=O)[C@H]1C(=O)N(CCC(C)C)c2nc3ccccc3n2[C@H]1c1ccc(OCCC(C)C)c(OC)c1. The lowest BCUT2D eigenvalue weighted by molar-refractivity contribution is -0.153. The van der Waals surface area contributed by atoms with Gasteiger partial charge in [0.15, 0.2) is 17.4 Å². The molecule has 0 fully saturated rings. The van der Waals surface area contributed by atoms with Crippen molar-refractivity contribution >= 4 is 28.9 Å². The molecule has 8 nitrogen and oxygen atoms in total.